The number of rotatable bonds is 3. The van der Waals surface area contributed by atoms with Gasteiger partial charge in [0.25, 0.3) is 0 Å². The Hall–Kier alpha value is -2.82. The van der Waals surface area contributed by atoms with Crippen molar-refractivity contribution in [1.82, 2.24) is 0 Å². The molecule has 1 atom stereocenters. The summed E-state index contributed by atoms with van der Waals surface area (Å²) in [5.41, 5.74) is 2.36. The minimum atomic E-state index is -0.406. The van der Waals surface area contributed by atoms with Gasteiger partial charge in [0.1, 0.15) is 0 Å². The van der Waals surface area contributed by atoms with Crippen LogP contribution in [-0.4, -0.2) is 18.4 Å². The van der Waals surface area contributed by atoms with E-state index in [0.29, 0.717) is 6.54 Å². The Labute approximate surface area is 128 Å². The van der Waals surface area contributed by atoms with Gasteiger partial charge in [0, 0.05) is 18.7 Å². The lowest BCUT2D eigenvalue weighted by atomic mass is 10.0. The first kappa shape index (κ1) is 14.1. The highest BCUT2D eigenvalue weighted by molar-refractivity contribution is 6.01. The maximum atomic E-state index is 12.2. The average molecular weight is 295 g/mol. The van der Waals surface area contributed by atoms with E-state index in [1.807, 2.05) is 54.6 Å². The van der Waals surface area contributed by atoms with Crippen molar-refractivity contribution in [2.75, 3.05) is 22.5 Å². The molecule has 112 valence electrons. The molecule has 5 nitrogen and oxygen atoms in total. The largest absolute Gasteiger partial charge is 0.383 e. The van der Waals surface area contributed by atoms with Crippen molar-refractivity contribution in [3.05, 3.63) is 54.6 Å². The lowest BCUT2D eigenvalue weighted by Crippen LogP contribution is -2.30. The summed E-state index contributed by atoms with van der Waals surface area (Å²) >= 11 is 0. The summed E-state index contributed by atoms with van der Waals surface area (Å²) < 4.78 is 0. The van der Waals surface area contributed by atoms with Gasteiger partial charge < -0.3 is 16.0 Å². The van der Waals surface area contributed by atoms with Gasteiger partial charge in [-0.2, -0.15) is 0 Å². The fraction of sp³-hybridized carbons (Fsp3) is 0.176. The van der Waals surface area contributed by atoms with E-state index in [2.05, 4.69) is 16.0 Å². The molecule has 0 saturated heterocycles. The van der Waals surface area contributed by atoms with Crippen LogP contribution < -0.4 is 16.0 Å². The van der Waals surface area contributed by atoms with Gasteiger partial charge in [-0.05, 0) is 24.3 Å². The van der Waals surface area contributed by atoms with Gasteiger partial charge in [0.2, 0.25) is 11.8 Å². The summed E-state index contributed by atoms with van der Waals surface area (Å²) in [7, 11) is 0. The van der Waals surface area contributed by atoms with E-state index >= 15 is 0 Å². The molecule has 0 aromatic heterocycles. The van der Waals surface area contributed by atoms with E-state index < -0.39 is 5.92 Å². The topological polar surface area (TPSA) is 70.2 Å². The number of carbonyl (C=O) groups excluding carboxylic acids is 2. The summed E-state index contributed by atoms with van der Waals surface area (Å²) in [6, 6.07) is 16.7. The van der Waals surface area contributed by atoms with Crippen molar-refractivity contribution in [3.8, 4) is 0 Å². The van der Waals surface area contributed by atoms with Gasteiger partial charge in [0.05, 0.1) is 17.3 Å². The van der Waals surface area contributed by atoms with Crippen LogP contribution in [0, 0.1) is 5.92 Å². The summed E-state index contributed by atoms with van der Waals surface area (Å²) in [5.74, 6) is -0.712. The molecule has 1 heterocycles. The van der Waals surface area contributed by atoms with Gasteiger partial charge >= 0.3 is 0 Å². The van der Waals surface area contributed by atoms with Crippen molar-refractivity contribution < 1.29 is 9.59 Å². The molecular weight excluding hydrogens is 278 g/mol. The summed E-state index contributed by atoms with van der Waals surface area (Å²) in [5, 5.41) is 8.88. The molecule has 0 saturated carbocycles. The molecule has 1 aliphatic heterocycles. The standard InChI is InChI=1S/C17H17N3O2/c21-16(19-13-6-2-1-3-7-13)10-12-11-18-14-8-4-5-9-15(14)20-17(12)22/h1-9,12,18H,10-11H2,(H,19,21)(H,20,22). The van der Waals surface area contributed by atoms with Gasteiger partial charge in [-0.3, -0.25) is 9.59 Å². The van der Waals surface area contributed by atoms with Crippen LogP contribution in [0.3, 0.4) is 0 Å². The van der Waals surface area contributed by atoms with Crippen LogP contribution in [0.1, 0.15) is 6.42 Å². The number of carbonyl (C=O) groups is 2. The number of hydrogen-bond donors (Lipinski definition) is 3. The zero-order valence-corrected chi connectivity index (χ0v) is 12.0. The number of benzene rings is 2. The van der Waals surface area contributed by atoms with Crippen molar-refractivity contribution in [2.24, 2.45) is 5.92 Å². The molecule has 1 unspecified atom stereocenters. The molecule has 0 radical (unpaired) electrons. The Kier molecular flexibility index (Phi) is 4.05. The third-order valence-corrected chi connectivity index (χ3v) is 3.58. The smallest absolute Gasteiger partial charge is 0.229 e. The van der Waals surface area contributed by atoms with Crippen LogP contribution in [0.15, 0.2) is 54.6 Å². The minimum absolute atomic E-state index is 0.138. The highest BCUT2D eigenvalue weighted by atomic mass is 16.2. The molecular formula is C17H17N3O2. The van der Waals surface area contributed by atoms with Gasteiger partial charge in [-0.15, -0.1) is 0 Å². The highest BCUT2D eigenvalue weighted by Crippen LogP contribution is 2.25. The van der Waals surface area contributed by atoms with Crippen LogP contribution in [0.25, 0.3) is 0 Å². The maximum Gasteiger partial charge on any atom is 0.229 e. The monoisotopic (exact) mass is 295 g/mol. The van der Waals surface area contributed by atoms with Crippen LogP contribution in [0.2, 0.25) is 0 Å². The van der Waals surface area contributed by atoms with Crippen LogP contribution in [0.4, 0.5) is 17.1 Å². The third-order valence-electron chi connectivity index (χ3n) is 3.58. The van der Waals surface area contributed by atoms with Crippen molar-refractivity contribution >= 4 is 28.9 Å². The number of amides is 2. The van der Waals surface area contributed by atoms with E-state index in [1.165, 1.54) is 0 Å². The average Bonchev–Trinajstić information content (AvgIpc) is 2.68. The van der Waals surface area contributed by atoms with E-state index in [-0.39, 0.29) is 18.2 Å². The molecule has 0 bridgehead atoms. The first-order valence-electron chi connectivity index (χ1n) is 7.21. The second-order valence-corrected chi connectivity index (χ2v) is 5.23. The first-order valence-corrected chi connectivity index (χ1v) is 7.21. The van der Waals surface area contributed by atoms with Crippen molar-refractivity contribution in [3.63, 3.8) is 0 Å². The zero-order chi connectivity index (χ0) is 15.4. The molecule has 5 heteroatoms. The molecule has 0 aliphatic carbocycles. The third kappa shape index (κ3) is 3.25. The fourth-order valence-corrected chi connectivity index (χ4v) is 2.43. The first-order chi connectivity index (χ1) is 10.7. The Morgan fingerprint density at radius 2 is 1.73 bits per heavy atom. The zero-order valence-electron chi connectivity index (χ0n) is 12.0. The predicted molar refractivity (Wildman–Crippen MR) is 86.7 cm³/mol. The number of nitrogens with one attached hydrogen (secondary N) is 3. The highest BCUT2D eigenvalue weighted by Gasteiger charge is 2.25. The number of hydrogen-bond acceptors (Lipinski definition) is 3. The lowest BCUT2D eigenvalue weighted by molar-refractivity contribution is -0.124. The van der Waals surface area contributed by atoms with Crippen LogP contribution in [0.5, 0.6) is 0 Å². The van der Waals surface area contributed by atoms with Crippen molar-refractivity contribution in [2.45, 2.75) is 6.42 Å². The normalized spacial score (nSPS) is 16.7. The molecule has 2 aromatic rings. The van der Waals surface area contributed by atoms with Gasteiger partial charge in [-0.1, -0.05) is 30.3 Å². The van der Waals surface area contributed by atoms with Crippen LogP contribution >= 0.6 is 0 Å². The second-order valence-electron chi connectivity index (χ2n) is 5.23. The SMILES string of the molecule is O=C(CC1CNc2ccccc2NC1=O)Nc1ccccc1. The Balaban J connectivity index is 1.64. The van der Waals surface area contributed by atoms with Gasteiger partial charge in [-0.25, -0.2) is 0 Å². The number of fused-ring (bicyclic) bond motifs is 1. The summed E-state index contributed by atoms with van der Waals surface area (Å²) in [6.07, 6.45) is 0.141. The Bertz CT molecular complexity index is 685. The number of anilines is 3. The quantitative estimate of drug-likeness (QED) is 0.815. The maximum absolute atomic E-state index is 12.2. The molecule has 22 heavy (non-hydrogen) atoms. The number of para-hydroxylation sites is 3. The van der Waals surface area contributed by atoms with E-state index in [0.717, 1.165) is 17.1 Å². The molecule has 0 spiro atoms. The molecule has 3 rings (SSSR count). The lowest BCUT2D eigenvalue weighted by Gasteiger charge is -2.13. The molecule has 2 aromatic carbocycles. The Morgan fingerprint density at radius 3 is 2.50 bits per heavy atom. The molecule has 2 amide bonds. The molecule has 0 fully saturated rings. The van der Waals surface area contributed by atoms with Crippen LogP contribution in [-0.2, 0) is 9.59 Å². The minimum Gasteiger partial charge on any atom is -0.383 e. The molecule has 1 aliphatic rings. The van der Waals surface area contributed by atoms with Crippen molar-refractivity contribution in [1.29, 1.82) is 0 Å². The van der Waals surface area contributed by atoms with E-state index in [9.17, 15) is 9.59 Å². The van der Waals surface area contributed by atoms with E-state index in [4.69, 9.17) is 0 Å². The summed E-state index contributed by atoms with van der Waals surface area (Å²) in [4.78, 5) is 24.3. The second kappa shape index (κ2) is 6.30. The molecule has 3 N–H and O–H groups in total. The summed E-state index contributed by atoms with van der Waals surface area (Å²) in [6.45, 7) is 0.436. The van der Waals surface area contributed by atoms with E-state index in [1.54, 1.807) is 0 Å². The fourth-order valence-electron chi connectivity index (χ4n) is 2.43. The Morgan fingerprint density at radius 1 is 1.05 bits per heavy atom. The van der Waals surface area contributed by atoms with Gasteiger partial charge in [0.15, 0.2) is 0 Å². The predicted octanol–water partition coefficient (Wildman–Crippen LogP) is 2.70.